The van der Waals surface area contributed by atoms with Crippen molar-refractivity contribution in [1.82, 2.24) is 4.90 Å². The third-order valence-corrected chi connectivity index (χ3v) is 3.29. The van der Waals surface area contributed by atoms with Crippen molar-refractivity contribution in [3.05, 3.63) is 72.5 Å². The van der Waals surface area contributed by atoms with E-state index in [2.05, 4.69) is 19.2 Å². The topological polar surface area (TPSA) is 12.5 Å². The van der Waals surface area contributed by atoms with Gasteiger partial charge in [-0.3, -0.25) is 0 Å². The third kappa shape index (κ3) is 5.12. The van der Waals surface area contributed by atoms with Gasteiger partial charge in [0.1, 0.15) is 12.4 Å². The van der Waals surface area contributed by atoms with Gasteiger partial charge in [-0.1, -0.05) is 37.4 Å². The molecule has 0 aliphatic carbocycles. The molecule has 119 valence electrons. The summed E-state index contributed by atoms with van der Waals surface area (Å²) in [7, 11) is 0. The Kier molecular flexibility index (Phi) is 7.86. The van der Waals surface area contributed by atoms with Crippen LogP contribution in [0, 0.1) is 6.08 Å². The summed E-state index contributed by atoms with van der Waals surface area (Å²) in [5.74, 6) is 0.700. The largest absolute Gasteiger partial charge is 0.490 e. The van der Waals surface area contributed by atoms with Gasteiger partial charge in [0, 0.05) is 32.7 Å². The van der Waals surface area contributed by atoms with Gasteiger partial charge in [-0.05, 0) is 17.8 Å². The van der Waals surface area contributed by atoms with E-state index in [-0.39, 0.29) is 32.7 Å². The predicted molar refractivity (Wildman–Crippen MR) is 84.4 cm³/mol. The zero-order chi connectivity index (χ0) is 16.1. The molecule has 23 heavy (non-hydrogen) atoms. The standard InChI is InChI=1S/C18H18F2NO.Y/c1-4-11-22-16-8-6-15(7-9-16)17-10-5-13(2)14(3)21(17)12-18(19)20;/h4-9,18H,1,3,11-12H2,2H3;/q-1;. The van der Waals surface area contributed by atoms with Crippen molar-refractivity contribution in [1.29, 1.82) is 0 Å². The van der Waals surface area contributed by atoms with E-state index in [4.69, 9.17) is 4.74 Å². The van der Waals surface area contributed by atoms with E-state index in [0.29, 0.717) is 23.8 Å². The summed E-state index contributed by atoms with van der Waals surface area (Å²) >= 11 is 0. The molecule has 0 fully saturated rings. The molecule has 0 saturated heterocycles. The summed E-state index contributed by atoms with van der Waals surface area (Å²) in [6.07, 6.45) is 4.04. The maximum absolute atomic E-state index is 12.8. The summed E-state index contributed by atoms with van der Waals surface area (Å²) in [5.41, 5.74) is 2.78. The molecule has 2 nitrogen and oxygen atoms in total. The van der Waals surface area contributed by atoms with Crippen LogP contribution in [0.3, 0.4) is 0 Å². The number of halogens is 2. The van der Waals surface area contributed by atoms with Gasteiger partial charge in [0.25, 0.3) is 6.43 Å². The van der Waals surface area contributed by atoms with E-state index >= 15 is 0 Å². The van der Waals surface area contributed by atoms with Crippen molar-refractivity contribution in [2.24, 2.45) is 0 Å². The average molecular weight is 391 g/mol. The first kappa shape index (κ1) is 19.8. The molecule has 0 spiro atoms. The van der Waals surface area contributed by atoms with Crippen LogP contribution in [0.5, 0.6) is 5.75 Å². The summed E-state index contributed by atoms with van der Waals surface area (Å²) in [5, 5.41) is 0. The molecular weight excluding hydrogens is 373 g/mol. The molecule has 0 aromatic heterocycles. The van der Waals surface area contributed by atoms with Crippen molar-refractivity contribution >= 4 is 5.70 Å². The molecule has 0 N–H and O–H groups in total. The van der Waals surface area contributed by atoms with E-state index in [1.165, 1.54) is 4.90 Å². The number of allylic oxidation sites excluding steroid dienone is 3. The smallest absolute Gasteiger partial charge is 0.256 e. The summed E-state index contributed by atoms with van der Waals surface area (Å²) < 4.78 is 31.1. The van der Waals surface area contributed by atoms with E-state index in [9.17, 15) is 8.78 Å². The fourth-order valence-corrected chi connectivity index (χ4v) is 2.13. The van der Waals surface area contributed by atoms with E-state index in [0.717, 1.165) is 11.1 Å². The van der Waals surface area contributed by atoms with E-state index in [1.54, 1.807) is 24.3 Å². The second kappa shape index (κ2) is 9.14. The number of rotatable bonds is 6. The van der Waals surface area contributed by atoms with Gasteiger partial charge in [-0.25, -0.2) is 8.78 Å². The summed E-state index contributed by atoms with van der Waals surface area (Å²) in [4.78, 5) is 1.50. The van der Waals surface area contributed by atoms with Crippen LogP contribution in [0.1, 0.15) is 12.5 Å². The Morgan fingerprint density at radius 2 is 1.96 bits per heavy atom. The van der Waals surface area contributed by atoms with Crippen LogP contribution in [0.15, 0.2) is 60.8 Å². The molecule has 0 unspecified atom stereocenters. The fraction of sp³-hybridized carbons (Fsp3) is 0.222. The predicted octanol–water partition coefficient (Wildman–Crippen LogP) is 4.43. The van der Waals surface area contributed by atoms with Crippen LogP contribution < -0.4 is 4.74 Å². The molecule has 5 heteroatoms. The summed E-state index contributed by atoms with van der Waals surface area (Å²) in [6.45, 7) is 9.33. The van der Waals surface area contributed by atoms with Crippen LogP contribution in [-0.2, 0) is 32.7 Å². The Balaban J connectivity index is 0.00000264. The Labute approximate surface area is 161 Å². The van der Waals surface area contributed by atoms with E-state index < -0.39 is 13.0 Å². The average Bonchev–Trinajstić information content (AvgIpc) is 2.50. The zero-order valence-corrected chi connectivity index (χ0v) is 15.9. The first-order valence-corrected chi connectivity index (χ1v) is 6.92. The number of alkyl halides is 2. The van der Waals surface area contributed by atoms with Crippen molar-refractivity contribution in [3.63, 3.8) is 0 Å². The second-order valence-corrected chi connectivity index (χ2v) is 4.89. The molecule has 1 aromatic carbocycles. The van der Waals surface area contributed by atoms with Gasteiger partial charge < -0.3 is 9.64 Å². The number of hydrogen-bond acceptors (Lipinski definition) is 2. The molecular formula is C18H18F2NOY-. The monoisotopic (exact) mass is 391 g/mol. The minimum Gasteiger partial charge on any atom is -0.490 e. The molecule has 1 heterocycles. The maximum Gasteiger partial charge on any atom is 0.256 e. The Bertz CT molecular complexity index is 620. The molecule has 1 aliphatic heterocycles. The van der Waals surface area contributed by atoms with Gasteiger partial charge in [0.2, 0.25) is 0 Å². The quantitative estimate of drug-likeness (QED) is 0.526. The fourth-order valence-electron chi connectivity index (χ4n) is 2.13. The second-order valence-electron chi connectivity index (χ2n) is 4.89. The van der Waals surface area contributed by atoms with Crippen molar-refractivity contribution in [2.45, 2.75) is 13.3 Å². The van der Waals surface area contributed by atoms with Gasteiger partial charge in [0.05, 0.1) is 6.54 Å². The molecule has 0 saturated carbocycles. The van der Waals surface area contributed by atoms with Gasteiger partial charge in [0.15, 0.2) is 0 Å². The Morgan fingerprint density at radius 1 is 1.30 bits per heavy atom. The van der Waals surface area contributed by atoms with Crippen LogP contribution >= 0.6 is 0 Å². The molecule has 0 bridgehead atoms. The number of benzene rings is 1. The maximum atomic E-state index is 12.8. The minimum atomic E-state index is -2.45. The molecule has 0 atom stereocenters. The number of nitrogens with zero attached hydrogens (tertiary/aromatic N) is 1. The van der Waals surface area contributed by atoms with Crippen LogP contribution in [-0.4, -0.2) is 24.5 Å². The zero-order valence-electron chi connectivity index (χ0n) is 13.1. The minimum absolute atomic E-state index is 0. The summed E-state index contributed by atoms with van der Waals surface area (Å²) in [6, 6.07) is 7.23. The molecule has 1 aromatic rings. The third-order valence-electron chi connectivity index (χ3n) is 3.29. The van der Waals surface area contributed by atoms with Crippen molar-refractivity contribution in [2.75, 3.05) is 13.2 Å². The normalized spacial score (nSPS) is 14.1. The first-order chi connectivity index (χ1) is 10.5. The molecule has 1 radical (unpaired) electrons. The number of ether oxygens (including phenoxy) is 1. The molecule has 0 amide bonds. The van der Waals surface area contributed by atoms with Crippen molar-refractivity contribution < 1.29 is 46.2 Å². The van der Waals surface area contributed by atoms with Gasteiger partial charge in [-0.2, -0.15) is 12.2 Å². The Hall–Kier alpha value is -1.26. The first-order valence-electron chi connectivity index (χ1n) is 6.92. The van der Waals surface area contributed by atoms with Gasteiger partial charge >= 0.3 is 0 Å². The Morgan fingerprint density at radius 3 is 2.52 bits per heavy atom. The molecule has 1 aliphatic rings. The SMILES string of the molecule is C=CCOc1ccc(C2=[C-]C=C(C)C(=C)N2CC(F)F)cc1.[Y]. The van der Waals surface area contributed by atoms with Crippen LogP contribution in [0.25, 0.3) is 5.70 Å². The van der Waals surface area contributed by atoms with Gasteiger partial charge in [-0.15, -0.1) is 17.7 Å². The number of hydrogen-bond donors (Lipinski definition) is 0. The van der Waals surface area contributed by atoms with Crippen molar-refractivity contribution in [3.8, 4) is 5.75 Å². The molecule has 2 rings (SSSR count). The van der Waals surface area contributed by atoms with Crippen LogP contribution in [0.4, 0.5) is 8.78 Å². The van der Waals surface area contributed by atoms with E-state index in [1.807, 2.05) is 19.1 Å². The van der Waals surface area contributed by atoms with Crippen LogP contribution in [0.2, 0.25) is 0 Å².